The van der Waals surface area contributed by atoms with Crippen LogP contribution >= 0.6 is 11.3 Å². The molecule has 86 valence electrons. The van der Waals surface area contributed by atoms with E-state index in [1.807, 2.05) is 6.92 Å². The normalized spacial score (nSPS) is 17.4. The van der Waals surface area contributed by atoms with Crippen molar-refractivity contribution in [3.63, 3.8) is 0 Å². The largest absolute Gasteiger partial charge is 0.380 e. The molecule has 1 aromatic rings. The standard InChI is InChI=1S/C10H19N3OS/c1-6(8(3)14-5)11-7(2)10-13-12-9(4)15-10/h6-8,11H,1-5H3. The first-order valence-corrected chi connectivity index (χ1v) is 5.95. The summed E-state index contributed by atoms with van der Waals surface area (Å²) < 4.78 is 5.26. The molecule has 0 aromatic carbocycles. The van der Waals surface area contributed by atoms with Gasteiger partial charge in [0.15, 0.2) is 0 Å². The zero-order chi connectivity index (χ0) is 11.4. The molecule has 0 aliphatic carbocycles. The number of aryl methyl sites for hydroxylation is 1. The Morgan fingerprint density at radius 1 is 1.27 bits per heavy atom. The van der Waals surface area contributed by atoms with Gasteiger partial charge in [0.1, 0.15) is 10.0 Å². The van der Waals surface area contributed by atoms with Gasteiger partial charge in [0.25, 0.3) is 0 Å². The van der Waals surface area contributed by atoms with Crippen LogP contribution in [0.4, 0.5) is 0 Å². The molecule has 0 saturated carbocycles. The maximum Gasteiger partial charge on any atom is 0.134 e. The number of ether oxygens (including phenoxy) is 1. The molecule has 5 heteroatoms. The second kappa shape index (κ2) is 5.53. The highest BCUT2D eigenvalue weighted by atomic mass is 32.1. The highest BCUT2D eigenvalue weighted by Crippen LogP contribution is 2.17. The molecule has 1 N–H and O–H groups in total. The summed E-state index contributed by atoms with van der Waals surface area (Å²) in [7, 11) is 1.72. The van der Waals surface area contributed by atoms with Gasteiger partial charge in [-0.05, 0) is 27.7 Å². The molecular formula is C10H19N3OS. The number of aromatic nitrogens is 2. The molecule has 1 heterocycles. The maximum absolute atomic E-state index is 5.26. The van der Waals surface area contributed by atoms with Gasteiger partial charge in [0.2, 0.25) is 0 Å². The Hall–Kier alpha value is -0.520. The summed E-state index contributed by atoms with van der Waals surface area (Å²) in [6.07, 6.45) is 0.196. The van der Waals surface area contributed by atoms with E-state index in [2.05, 4.69) is 36.3 Å². The fourth-order valence-electron chi connectivity index (χ4n) is 1.29. The second-order valence-electron chi connectivity index (χ2n) is 3.78. The van der Waals surface area contributed by atoms with Crippen molar-refractivity contribution in [2.24, 2.45) is 0 Å². The lowest BCUT2D eigenvalue weighted by Crippen LogP contribution is -2.38. The van der Waals surface area contributed by atoms with Crippen LogP contribution in [0.1, 0.15) is 36.8 Å². The average Bonchev–Trinajstić information content (AvgIpc) is 2.63. The average molecular weight is 229 g/mol. The van der Waals surface area contributed by atoms with Gasteiger partial charge in [-0.15, -0.1) is 21.5 Å². The van der Waals surface area contributed by atoms with E-state index in [1.54, 1.807) is 18.4 Å². The number of hydrogen-bond donors (Lipinski definition) is 1. The molecule has 1 rings (SSSR count). The Morgan fingerprint density at radius 3 is 2.40 bits per heavy atom. The van der Waals surface area contributed by atoms with Crippen molar-refractivity contribution in [2.45, 2.75) is 45.9 Å². The van der Waals surface area contributed by atoms with Crippen molar-refractivity contribution in [3.8, 4) is 0 Å². The number of nitrogens with zero attached hydrogens (tertiary/aromatic N) is 2. The van der Waals surface area contributed by atoms with Crippen LogP contribution in [0, 0.1) is 6.92 Å². The first-order chi connectivity index (χ1) is 7.04. The Morgan fingerprint density at radius 2 is 1.93 bits per heavy atom. The van der Waals surface area contributed by atoms with Crippen LogP contribution in [0.3, 0.4) is 0 Å². The van der Waals surface area contributed by atoms with Crippen LogP contribution in [0.5, 0.6) is 0 Å². The summed E-state index contributed by atoms with van der Waals surface area (Å²) in [6, 6.07) is 0.526. The Bertz CT molecular complexity index is 303. The van der Waals surface area contributed by atoms with Crippen molar-refractivity contribution in [2.75, 3.05) is 7.11 Å². The fraction of sp³-hybridized carbons (Fsp3) is 0.800. The predicted octanol–water partition coefficient (Wildman–Crippen LogP) is 1.92. The van der Waals surface area contributed by atoms with Gasteiger partial charge in [0.05, 0.1) is 12.1 Å². The van der Waals surface area contributed by atoms with E-state index >= 15 is 0 Å². The SMILES string of the molecule is COC(C)C(C)NC(C)c1nnc(C)s1. The highest BCUT2D eigenvalue weighted by molar-refractivity contribution is 7.11. The molecule has 0 amide bonds. The van der Waals surface area contributed by atoms with Gasteiger partial charge < -0.3 is 10.1 Å². The molecule has 15 heavy (non-hydrogen) atoms. The predicted molar refractivity (Wildman–Crippen MR) is 62.1 cm³/mol. The van der Waals surface area contributed by atoms with Gasteiger partial charge in [0, 0.05) is 13.2 Å². The molecular weight excluding hydrogens is 210 g/mol. The summed E-state index contributed by atoms with van der Waals surface area (Å²) in [6.45, 7) is 8.22. The molecule has 0 fully saturated rings. The minimum atomic E-state index is 0.196. The van der Waals surface area contributed by atoms with Crippen molar-refractivity contribution in [3.05, 3.63) is 10.0 Å². The van der Waals surface area contributed by atoms with E-state index in [4.69, 9.17) is 4.74 Å². The molecule has 4 nitrogen and oxygen atoms in total. The van der Waals surface area contributed by atoms with Crippen LogP contribution < -0.4 is 5.32 Å². The summed E-state index contributed by atoms with van der Waals surface area (Å²) in [5.74, 6) is 0. The Labute approximate surface area is 95.1 Å². The molecule has 0 aliphatic rings. The van der Waals surface area contributed by atoms with Crippen molar-refractivity contribution in [1.29, 1.82) is 0 Å². The summed E-state index contributed by atoms with van der Waals surface area (Å²) in [4.78, 5) is 0. The number of rotatable bonds is 5. The number of hydrogen-bond acceptors (Lipinski definition) is 5. The van der Waals surface area contributed by atoms with Gasteiger partial charge in [-0.1, -0.05) is 0 Å². The lowest BCUT2D eigenvalue weighted by atomic mass is 10.2. The topological polar surface area (TPSA) is 47.0 Å². The van der Waals surface area contributed by atoms with E-state index in [0.29, 0.717) is 6.04 Å². The van der Waals surface area contributed by atoms with Gasteiger partial charge >= 0.3 is 0 Å². The molecule has 0 radical (unpaired) electrons. The summed E-state index contributed by atoms with van der Waals surface area (Å²) in [5, 5.41) is 13.6. The third-order valence-electron chi connectivity index (χ3n) is 2.50. The number of nitrogens with one attached hydrogen (secondary N) is 1. The lowest BCUT2D eigenvalue weighted by molar-refractivity contribution is 0.0851. The molecule has 3 atom stereocenters. The molecule has 0 saturated heterocycles. The second-order valence-corrected chi connectivity index (χ2v) is 4.99. The molecule has 3 unspecified atom stereocenters. The lowest BCUT2D eigenvalue weighted by Gasteiger charge is -2.22. The first kappa shape index (κ1) is 12.5. The molecule has 0 spiro atoms. The third kappa shape index (κ3) is 3.52. The third-order valence-corrected chi connectivity index (χ3v) is 3.52. The quantitative estimate of drug-likeness (QED) is 0.838. The van der Waals surface area contributed by atoms with E-state index in [9.17, 15) is 0 Å². The Kier molecular flexibility index (Phi) is 4.63. The van der Waals surface area contributed by atoms with Crippen LogP contribution in [0.2, 0.25) is 0 Å². The minimum absolute atomic E-state index is 0.196. The van der Waals surface area contributed by atoms with E-state index < -0.39 is 0 Å². The maximum atomic E-state index is 5.26. The summed E-state index contributed by atoms with van der Waals surface area (Å²) in [5.41, 5.74) is 0. The zero-order valence-electron chi connectivity index (χ0n) is 9.94. The molecule has 0 aliphatic heterocycles. The smallest absolute Gasteiger partial charge is 0.134 e. The Balaban J connectivity index is 2.52. The summed E-state index contributed by atoms with van der Waals surface area (Å²) >= 11 is 1.63. The minimum Gasteiger partial charge on any atom is -0.380 e. The van der Waals surface area contributed by atoms with Crippen LogP contribution in [-0.4, -0.2) is 29.5 Å². The van der Waals surface area contributed by atoms with Crippen molar-refractivity contribution >= 4 is 11.3 Å². The van der Waals surface area contributed by atoms with Gasteiger partial charge in [-0.25, -0.2) is 0 Å². The monoisotopic (exact) mass is 229 g/mol. The first-order valence-electron chi connectivity index (χ1n) is 5.13. The van der Waals surface area contributed by atoms with Crippen molar-refractivity contribution < 1.29 is 4.74 Å². The fourth-order valence-corrected chi connectivity index (χ4v) is 2.00. The highest BCUT2D eigenvalue weighted by Gasteiger charge is 2.17. The van der Waals surface area contributed by atoms with E-state index in [0.717, 1.165) is 10.0 Å². The molecule has 0 bridgehead atoms. The van der Waals surface area contributed by atoms with Crippen molar-refractivity contribution in [1.82, 2.24) is 15.5 Å². The van der Waals surface area contributed by atoms with Crippen LogP contribution in [0.15, 0.2) is 0 Å². The van der Waals surface area contributed by atoms with Crippen LogP contribution in [-0.2, 0) is 4.74 Å². The van der Waals surface area contributed by atoms with E-state index in [-0.39, 0.29) is 12.1 Å². The molecule has 1 aromatic heterocycles. The van der Waals surface area contributed by atoms with E-state index in [1.165, 1.54) is 0 Å². The van der Waals surface area contributed by atoms with Gasteiger partial charge in [-0.2, -0.15) is 0 Å². The zero-order valence-corrected chi connectivity index (χ0v) is 10.8. The van der Waals surface area contributed by atoms with Gasteiger partial charge in [-0.3, -0.25) is 0 Å². The number of methoxy groups -OCH3 is 1. The van der Waals surface area contributed by atoms with Crippen LogP contribution in [0.25, 0.3) is 0 Å².